The molecule has 0 saturated carbocycles. The third-order valence-corrected chi connectivity index (χ3v) is 8.01. The number of thiophene rings is 1. The Hall–Kier alpha value is -2.06. The van der Waals surface area contributed by atoms with Crippen LogP contribution in [0.5, 0.6) is 0 Å². The van der Waals surface area contributed by atoms with E-state index in [-0.39, 0.29) is 11.0 Å². The predicted molar refractivity (Wildman–Crippen MR) is 112 cm³/mol. The number of aromatic nitrogens is 3. The molecule has 0 unspecified atom stereocenters. The highest BCUT2D eigenvalue weighted by Gasteiger charge is 2.21. The van der Waals surface area contributed by atoms with Crippen molar-refractivity contribution in [2.75, 3.05) is 24.2 Å². The first-order valence-electron chi connectivity index (χ1n) is 8.81. The van der Waals surface area contributed by atoms with Crippen molar-refractivity contribution in [2.45, 2.75) is 32.9 Å². The molecule has 3 heterocycles. The molecule has 0 radical (unpaired) electrons. The normalized spacial score (nSPS) is 12.1. The van der Waals surface area contributed by atoms with Crippen LogP contribution in [0.4, 0.5) is 5.82 Å². The molecule has 27 heavy (non-hydrogen) atoms. The molecule has 0 spiro atoms. The number of hydrogen-bond donors (Lipinski definition) is 0. The second-order valence-electron chi connectivity index (χ2n) is 6.91. The van der Waals surface area contributed by atoms with Gasteiger partial charge in [-0.15, -0.1) is 11.3 Å². The van der Waals surface area contributed by atoms with E-state index < -0.39 is 9.84 Å². The van der Waals surface area contributed by atoms with E-state index in [1.807, 2.05) is 24.1 Å². The zero-order valence-corrected chi connectivity index (χ0v) is 17.9. The summed E-state index contributed by atoms with van der Waals surface area (Å²) in [5.41, 5.74) is 1.98. The molecule has 6 nitrogen and oxygen atoms in total. The molecule has 0 N–H and O–H groups in total. The summed E-state index contributed by atoms with van der Waals surface area (Å²) in [6.07, 6.45) is 3.45. The fourth-order valence-corrected chi connectivity index (χ4v) is 4.76. The van der Waals surface area contributed by atoms with Crippen LogP contribution in [0.2, 0.25) is 0 Å². The van der Waals surface area contributed by atoms with Gasteiger partial charge in [0.05, 0.1) is 16.4 Å². The van der Waals surface area contributed by atoms with Gasteiger partial charge in [0.25, 0.3) is 0 Å². The molecule has 0 fully saturated rings. The Kier molecular flexibility index (Phi) is 5.48. The Morgan fingerprint density at radius 2 is 1.96 bits per heavy atom. The Balaban J connectivity index is 2.07. The smallest absolute Gasteiger partial charge is 0.164 e. The molecule has 0 atom stereocenters. The largest absolute Gasteiger partial charge is 0.358 e. The van der Waals surface area contributed by atoms with Crippen LogP contribution in [0.15, 0.2) is 24.5 Å². The summed E-state index contributed by atoms with van der Waals surface area (Å²) >= 11 is 1.63. The summed E-state index contributed by atoms with van der Waals surface area (Å²) in [7, 11) is -1.23. The zero-order valence-electron chi connectivity index (χ0n) is 16.2. The zero-order chi connectivity index (χ0) is 19.8. The van der Waals surface area contributed by atoms with Crippen molar-refractivity contribution in [1.29, 1.82) is 0 Å². The molecule has 0 amide bonds. The summed E-state index contributed by atoms with van der Waals surface area (Å²) in [4.78, 5) is 17.7. The summed E-state index contributed by atoms with van der Waals surface area (Å²) in [6, 6.07) is 3.78. The van der Waals surface area contributed by atoms with E-state index in [4.69, 9.17) is 9.97 Å². The molecular weight excluding hydrogens is 380 g/mol. The van der Waals surface area contributed by atoms with Gasteiger partial charge < -0.3 is 4.90 Å². The minimum absolute atomic E-state index is 0.0943. The topological polar surface area (TPSA) is 76.1 Å². The van der Waals surface area contributed by atoms with Crippen LogP contribution >= 0.6 is 11.3 Å². The molecule has 144 valence electrons. The van der Waals surface area contributed by atoms with Gasteiger partial charge in [-0.2, -0.15) is 0 Å². The predicted octanol–water partition coefficient (Wildman–Crippen LogP) is 3.63. The van der Waals surface area contributed by atoms with Gasteiger partial charge >= 0.3 is 0 Å². The maximum absolute atomic E-state index is 12.2. The number of sulfone groups is 1. The van der Waals surface area contributed by atoms with Crippen molar-refractivity contribution >= 4 is 37.2 Å². The van der Waals surface area contributed by atoms with Crippen molar-refractivity contribution in [3.05, 3.63) is 35.0 Å². The summed E-state index contributed by atoms with van der Waals surface area (Å²) in [6.45, 7) is 7.94. The molecule has 0 aliphatic rings. The lowest BCUT2D eigenvalue weighted by Crippen LogP contribution is -2.29. The highest BCUT2D eigenvalue weighted by molar-refractivity contribution is 7.92. The fourth-order valence-electron chi connectivity index (χ4n) is 2.73. The van der Waals surface area contributed by atoms with E-state index >= 15 is 0 Å². The second kappa shape index (κ2) is 7.52. The number of aryl methyl sites for hydroxylation is 2. The van der Waals surface area contributed by atoms with Gasteiger partial charge in [0.15, 0.2) is 15.7 Å². The average molecular weight is 405 g/mol. The molecule has 3 aromatic heterocycles. The summed E-state index contributed by atoms with van der Waals surface area (Å²) in [5, 5.41) is 0.613. The van der Waals surface area contributed by atoms with E-state index in [1.165, 1.54) is 4.88 Å². The van der Waals surface area contributed by atoms with Gasteiger partial charge in [0.1, 0.15) is 10.6 Å². The Morgan fingerprint density at radius 1 is 1.22 bits per heavy atom. The maximum atomic E-state index is 12.2. The molecule has 3 rings (SSSR count). The Bertz CT molecular complexity index is 1060. The number of rotatable bonds is 6. The number of hydrogen-bond acceptors (Lipinski definition) is 7. The van der Waals surface area contributed by atoms with Gasteiger partial charge in [-0.1, -0.05) is 0 Å². The van der Waals surface area contributed by atoms with Crippen LogP contribution < -0.4 is 4.90 Å². The number of anilines is 1. The van der Waals surface area contributed by atoms with Crippen molar-refractivity contribution in [2.24, 2.45) is 0 Å². The molecule has 0 bridgehead atoms. The van der Waals surface area contributed by atoms with Gasteiger partial charge in [0.2, 0.25) is 0 Å². The van der Waals surface area contributed by atoms with Crippen LogP contribution in [-0.4, -0.2) is 48.0 Å². The van der Waals surface area contributed by atoms with Crippen molar-refractivity contribution in [3.8, 4) is 11.4 Å². The van der Waals surface area contributed by atoms with Crippen LogP contribution in [0.25, 0.3) is 21.6 Å². The molecule has 0 aliphatic carbocycles. The van der Waals surface area contributed by atoms with E-state index in [0.29, 0.717) is 12.4 Å². The van der Waals surface area contributed by atoms with Crippen molar-refractivity contribution in [1.82, 2.24) is 15.0 Å². The minimum Gasteiger partial charge on any atom is -0.358 e. The van der Waals surface area contributed by atoms with Crippen LogP contribution in [-0.2, 0) is 9.84 Å². The molecule has 8 heteroatoms. The first-order valence-corrected chi connectivity index (χ1v) is 11.3. The molecule has 0 aliphatic heterocycles. The monoisotopic (exact) mass is 404 g/mol. The average Bonchev–Trinajstić information content (AvgIpc) is 2.93. The highest BCUT2D eigenvalue weighted by Crippen LogP contribution is 2.36. The van der Waals surface area contributed by atoms with E-state index in [9.17, 15) is 8.42 Å². The Labute approximate surface area is 164 Å². The highest BCUT2D eigenvalue weighted by atomic mass is 32.2. The maximum Gasteiger partial charge on any atom is 0.164 e. The van der Waals surface area contributed by atoms with Gasteiger partial charge in [-0.3, -0.25) is 4.98 Å². The number of nitrogens with zero attached hydrogens (tertiary/aromatic N) is 4. The summed E-state index contributed by atoms with van der Waals surface area (Å²) in [5.74, 6) is 1.46. The molecule has 3 aromatic rings. The third kappa shape index (κ3) is 3.96. The summed E-state index contributed by atoms with van der Waals surface area (Å²) < 4.78 is 24.4. The van der Waals surface area contributed by atoms with Crippen LogP contribution in [0, 0.1) is 13.8 Å². The number of pyridine rings is 1. The molecular formula is C19H24N4O2S2. The van der Waals surface area contributed by atoms with E-state index in [2.05, 4.69) is 18.8 Å². The molecule has 0 aromatic carbocycles. The number of fused-ring (bicyclic) bond motifs is 1. The lowest BCUT2D eigenvalue weighted by Gasteiger charge is -2.21. The van der Waals surface area contributed by atoms with Crippen molar-refractivity contribution < 1.29 is 8.42 Å². The quantitative estimate of drug-likeness (QED) is 0.624. The van der Waals surface area contributed by atoms with E-state index in [0.717, 1.165) is 27.2 Å². The van der Waals surface area contributed by atoms with Gasteiger partial charge in [-0.25, -0.2) is 18.4 Å². The van der Waals surface area contributed by atoms with Gasteiger partial charge in [-0.05, 0) is 45.4 Å². The van der Waals surface area contributed by atoms with E-state index in [1.54, 1.807) is 37.6 Å². The van der Waals surface area contributed by atoms with Crippen LogP contribution in [0.1, 0.15) is 24.3 Å². The van der Waals surface area contributed by atoms with Gasteiger partial charge in [0, 0.05) is 36.4 Å². The lowest BCUT2D eigenvalue weighted by atomic mass is 10.2. The lowest BCUT2D eigenvalue weighted by molar-refractivity contribution is 0.586. The van der Waals surface area contributed by atoms with Crippen molar-refractivity contribution in [3.63, 3.8) is 0 Å². The third-order valence-electron chi connectivity index (χ3n) is 4.72. The standard InChI is InChI=1S/C19H24N4O2S2/c1-12(2)27(24,25)10-9-23(5)18-16-13(3)14(4)26-19(16)22-17(21-18)15-7-6-8-20-11-15/h6-8,11-12H,9-10H2,1-5H3. The first kappa shape index (κ1) is 19.7. The SMILES string of the molecule is Cc1sc2nc(-c3cccnc3)nc(N(C)CCS(=O)(=O)C(C)C)c2c1C. The first-order chi connectivity index (χ1) is 12.7. The second-order valence-corrected chi connectivity index (χ2v) is 10.8. The minimum atomic E-state index is -3.11. The fraction of sp³-hybridized carbons (Fsp3) is 0.421. The van der Waals surface area contributed by atoms with Crippen LogP contribution in [0.3, 0.4) is 0 Å². The molecule has 0 saturated heterocycles. The Morgan fingerprint density at radius 3 is 2.59 bits per heavy atom.